The number of nitrogens with one attached hydrogen (secondary N) is 2. The number of aliphatic hydroxyl groups is 1. The van der Waals surface area contributed by atoms with Crippen LogP contribution in [0.1, 0.15) is 42.8 Å². The van der Waals surface area contributed by atoms with Crippen molar-refractivity contribution >= 4 is 22.4 Å². The first kappa shape index (κ1) is 14.3. The van der Waals surface area contributed by atoms with Gasteiger partial charge in [0.1, 0.15) is 4.88 Å². The minimum absolute atomic E-state index is 0.000517. The highest BCUT2D eigenvalue weighted by atomic mass is 32.1. The predicted octanol–water partition coefficient (Wildman–Crippen LogP) is 1.85. The number of nitrogens with zero attached hydrogens (tertiary/aromatic N) is 1. The van der Waals surface area contributed by atoms with Gasteiger partial charge in [0.05, 0.1) is 6.20 Å². The van der Waals surface area contributed by atoms with E-state index in [9.17, 15) is 4.79 Å². The molecule has 0 radical (unpaired) electrons. The van der Waals surface area contributed by atoms with Gasteiger partial charge in [0.2, 0.25) is 0 Å². The molecule has 3 N–H and O–H groups in total. The van der Waals surface area contributed by atoms with E-state index in [1.807, 2.05) is 13.8 Å². The number of hydrogen-bond acceptors (Lipinski definition) is 5. The highest BCUT2D eigenvalue weighted by molar-refractivity contribution is 7.17. The number of amides is 1. The normalized spacial score (nSPS) is 16.4. The van der Waals surface area contributed by atoms with Crippen LogP contribution in [-0.2, 0) is 0 Å². The summed E-state index contributed by atoms with van der Waals surface area (Å²) in [5.41, 5.74) is 0. The first-order chi connectivity index (χ1) is 9.10. The minimum atomic E-state index is -0.103. The van der Waals surface area contributed by atoms with Gasteiger partial charge >= 0.3 is 0 Å². The standard InChI is InChI=1S/C13H21N3O2S/c1-8(2)10(5-6-17)16-12(18)11-7-14-13(19-11)15-9-3-4-9/h7-10,17H,3-6H2,1-2H3,(H,14,15)(H,16,18). The van der Waals surface area contributed by atoms with E-state index in [0.717, 1.165) is 5.13 Å². The summed E-state index contributed by atoms with van der Waals surface area (Å²) in [5, 5.41) is 16.1. The molecule has 1 atom stereocenters. The summed E-state index contributed by atoms with van der Waals surface area (Å²) in [5.74, 6) is 0.196. The molecular weight excluding hydrogens is 262 g/mol. The van der Waals surface area contributed by atoms with Gasteiger partial charge in [-0.3, -0.25) is 4.79 Å². The summed E-state index contributed by atoms with van der Waals surface area (Å²) in [6.07, 6.45) is 4.57. The highest BCUT2D eigenvalue weighted by Gasteiger charge is 2.23. The zero-order valence-corrected chi connectivity index (χ0v) is 12.2. The maximum Gasteiger partial charge on any atom is 0.263 e. The average Bonchev–Trinajstić information content (AvgIpc) is 3.04. The van der Waals surface area contributed by atoms with Gasteiger partial charge in [0, 0.05) is 18.7 Å². The Hall–Kier alpha value is -1.14. The molecule has 19 heavy (non-hydrogen) atoms. The molecule has 106 valence electrons. The van der Waals surface area contributed by atoms with Crippen LogP contribution < -0.4 is 10.6 Å². The molecule has 1 aliphatic carbocycles. The maximum atomic E-state index is 12.1. The molecule has 0 aromatic carbocycles. The molecule has 1 heterocycles. The monoisotopic (exact) mass is 283 g/mol. The lowest BCUT2D eigenvalue weighted by Gasteiger charge is -2.20. The van der Waals surface area contributed by atoms with E-state index < -0.39 is 0 Å². The summed E-state index contributed by atoms with van der Waals surface area (Å²) in [7, 11) is 0. The quantitative estimate of drug-likeness (QED) is 0.714. The van der Waals surface area contributed by atoms with Crippen molar-refractivity contribution < 1.29 is 9.90 Å². The molecule has 1 aromatic heterocycles. The van der Waals surface area contributed by atoms with Crippen molar-refractivity contribution in [2.24, 2.45) is 5.92 Å². The molecule has 5 nitrogen and oxygen atoms in total. The second kappa shape index (κ2) is 6.34. The largest absolute Gasteiger partial charge is 0.396 e. The summed E-state index contributed by atoms with van der Waals surface area (Å²) in [4.78, 5) is 16.9. The number of hydrogen-bond donors (Lipinski definition) is 3. The molecule has 0 bridgehead atoms. The van der Waals surface area contributed by atoms with Crippen molar-refractivity contribution in [3.8, 4) is 0 Å². The van der Waals surface area contributed by atoms with Crippen LogP contribution in [0.15, 0.2) is 6.20 Å². The Balaban J connectivity index is 1.91. The Morgan fingerprint density at radius 3 is 2.89 bits per heavy atom. The minimum Gasteiger partial charge on any atom is -0.396 e. The number of aliphatic hydroxyl groups excluding tert-OH is 1. The van der Waals surface area contributed by atoms with Crippen LogP contribution in [0.2, 0.25) is 0 Å². The average molecular weight is 283 g/mol. The first-order valence-electron chi connectivity index (χ1n) is 6.74. The van der Waals surface area contributed by atoms with Crippen molar-refractivity contribution in [1.82, 2.24) is 10.3 Å². The number of rotatable bonds is 7. The van der Waals surface area contributed by atoms with E-state index in [0.29, 0.717) is 23.3 Å². The molecule has 0 aliphatic heterocycles. The van der Waals surface area contributed by atoms with Crippen LogP contribution in [0.4, 0.5) is 5.13 Å². The SMILES string of the molecule is CC(C)C(CCO)NC(=O)c1cnc(NC2CC2)s1. The van der Waals surface area contributed by atoms with Crippen LogP contribution >= 0.6 is 11.3 Å². The predicted molar refractivity (Wildman–Crippen MR) is 76.6 cm³/mol. The summed E-state index contributed by atoms with van der Waals surface area (Å²) in [6.45, 7) is 4.15. The number of aromatic nitrogens is 1. The fourth-order valence-corrected chi connectivity index (χ4v) is 2.60. The van der Waals surface area contributed by atoms with Gasteiger partial charge in [-0.05, 0) is 25.2 Å². The smallest absolute Gasteiger partial charge is 0.263 e. The van der Waals surface area contributed by atoms with E-state index >= 15 is 0 Å². The van der Waals surface area contributed by atoms with Crippen molar-refractivity contribution in [3.05, 3.63) is 11.1 Å². The lowest BCUT2D eigenvalue weighted by atomic mass is 10.0. The number of carbonyl (C=O) groups is 1. The van der Waals surface area contributed by atoms with Gasteiger partial charge in [-0.25, -0.2) is 4.98 Å². The third kappa shape index (κ3) is 4.18. The third-order valence-corrected chi connectivity index (χ3v) is 4.12. The van der Waals surface area contributed by atoms with E-state index in [2.05, 4.69) is 15.6 Å². The van der Waals surface area contributed by atoms with Crippen molar-refractivity contribution in [3.63, 3.8) is 0 Å². The third-order valence-electron chi connectivity index (χ3n) is 3.20. The molecule has 6 heteroatoms. The topological polar surface area (TPSA) is 74.2 Å². The molecule has 2 rings (SSSR count). The molecule has 0 saturated heterocycles. The Bertz CT molecular complexity index is 429. The maximum absolute atomic E-state index is 12.1. The molecule has 1 amide bonds. The number of anilines is 1. The van der Waals surface area contributed by atoms with Crippen LogP contribution in [0.25, 0.3) is 0 Å². The molecule has 1 fully saturated rings. The van der Waals surface area contributed by atoms with Crippen molar-refractivity contribution in [2.45, 2.75) is 45.2 Å². The molecule has 0 spiro atoms. The van der Waals surface area contributed by atoms with Crippen LogP contribution in [0, 0.1) is 5.92 Å². The van der Waals surface area contributed by atoms with E-state index in [-0.39, 0.29) is 18.6 Å². The lowest BCUT2D eigenvalue weighted by molar-refractivity contribution is 0.0920. The van der Waals surface area contributed by atoms with Crippen LogP contribution in [0.5, 0.6) is 0 Å². The molecule has 1 saturated carbocycles. The first-order valence-corrected chi connectivity index (χ1v) is 7.56. The van der Waals surface area contributed by atoms with Gasteiger partial charge < -0.3 is 15.7 Å². The highest BCUT2D eigenvalue weighted by Crippen LogP contribution is 2.27. The lowest BCUT2D eigenvalue weighted by Crippen LogP contribution is -2.38. The Morgan fingerprint density at radius 2 is 2.32 bits per heavy atom. The van der Waals surface area contributed by atoms with Gasteiger partial charge in [-0.2, -0.15) is 0 Å². The summed E-state index contributed by atoms with van der Waals surface area (Å²) >= 11 is 1.38. The van der Waals surface area contributed by atoms with E-state index in [4.69, 9.17) is 5.11 Å². The fourth-order valence-electron chi connectivity index (χ4n) is 1.80. The number of thiazole rings is 1. The Kier molecular flexibility index (Phi) is 4.76. The Morgan fingerprint density at radius 1 is 1.58 bits per heavy atom. The van der Waals surface area contributed by atoms with Crippen LogP contribution in [-0.4, -0.2) is 34.7 Å². The second-order valence-electron chi connectivity index (χ2n) is 5.28. The molecular formula is C13H21N3O2S. The molecule has 1 unspecified atom stereocenters. The fraction of sp³-hybridized carbons (Fsp3) is 0.692. The molecule has 1 aliphatic rings. The second-order valence-corrected chi connectivity index (χ2v) is 6.32. The van der Waals surface area contributed by atoms with E-state index in [1.54, 1.807) is 6.20 Å². The van der Waals surface area contributed by atoms with Crippen LogP contribution in [0.3, 0.4) is 0 Å². The summed E-state index contributed by atoms with van der Waals surface area (Å²) in [6, 6.07) is 0.541. The van der Waals surface area contributed by atoms with Gasteiger partial charge in [0.15, 0.2) is 5.13 Å². The van der Waals surface area contributed by atoms with Gasteiger partial charge in [-0.15, -0.1) is 0 Å². The van der Waals surface area contributed by atoms with Crippen molar-refractivity contribution in [1.29, 1.82) is 0 Å². The zero-order chi connectivity index (χ0) is 13.8. The zero-order valence-electron chi connectivity index (χ0n) is 11.3. The number of carbonyl (C=O) groups excluding carboxylic acids is 1. The van der Waals surface area contributed by atoms with Gasteiger partial charge in [0.25, 0.3) is 5.91 Å². The van der Waals surface area contributed by atoms with Crippen molar-refractivity contribution in [2.75, 3.05) is 11.9 Å². The van der Waals surface area contributed by atoms with Gasteiger partial charge in [-0.1, -0.05) is 25.2 Å². The molecule has 1 aromatic rings. The van der Waals surface area contributed by atoms with E-state index in [1.165, 1.54) is 24.2 Å². The summed E-state index contributed by atoms with van der Waals surface area (Å²) < 4.78 is 0. The Labute approximate surface area is 117 Å².